The van der Waals surface area contributed by atoms with E-state index in [0.717, 1.165) is 14.7 Å². The molecular formula is C20H20N6O4. The molecule has 30 heavy (non-hydrogen) atoms. The number of rotatable bonds is 6. The van der Waals surface area contributed by atoms with Gasteiger partial charge in [-0.3, -0.25) is 23.7 Å². The van der Waals surface area contributed by atoms with Crippen molar-refractivity contribution in [3.63, 3.8) is 0 Å². The van der Waals surface area contributed by atoms with E-state index < -0.39 is 23.2 Å². The molecule has 0 saturated carbocycles. The monoisotopic (exact) mass is 408 g/mol. The van der Waals surface area contributed by atoms with Crippen molar-refractivity contribution < 1.29 is 9.59 Å². The average Bonchev–Trinajstić information content (AvgIpc) is 2.74. The van der Waals surface area contributed by atoms with Gasteiger partial charge in [0.15, 0.2) is 0 Å². The van der Waals surface area contributed by atoms with Crippen molar-refractivity contribution >= 4 is 23.3 Å². The third-order valence-electron chi connectivity index (χ3n) is 4.18. The number of hydrogen-bond donors (Lipinski definition) is 3. The van der Waals surface area contributed by atoms with Crippen LogP contribution >= 0.6 is 0 Å². The van der Waals surface area contributed by atoms with Crippen molar-refractivity contribution in [3.8, 4) is 0 Å². The number of nitrogens with zero attached hydrogens (tertiary/aromatic N) is 3. The van der Waals surface area contributed by atoms with Crippen LogP contribution in [0.3, 0.4) is 0 Å². The fourth-order valence-electron chi connectivity index (χ4n) is 2.62. The molecule has 3 amide bonds. The van der Waals surface area contributed by atoms with Gasteiger partial charge in [-0.25, -0.2) is 9.59 Å². The molecule has 0 saturated heterocycles. The Morgan fingerprint density at radius 1 is 1.00 bits per heavy atom. The molecule has 10 heteroatoms. The molecule has 0 radical (unpaired) electrons. The predicted octanol–water partition coefficient (Wildman–Crippen LogP) is 0.902. The van der Waals surface area contributed by atoms with Crippen molar-refractivity contribution in [1.82, 2.24) is 19.4 Å². The van der Waals surface area contributed by atoms with Gasteiger partial charge in [0.2, 0.25) is 5.91 Å². The Morgan fingerprint density at radius 2 is 1.70 bits per heavy atom. The second-order valence-electron chi connectivity index (χ2n) is 6.42. The second kappa shape index (κ2) is 9.32. The summed E-state index contributed by atoms with van der Waals surface area (Å²) in [5.74, 6) is -0.449. The van der Waals surface area contributed by atoms with Gasteiger partial charge in [0.1, 0.15) is 6.54 Å². The Bertz CT molecular complexity index is 1170. The minimum Gasteiger partial charge on any atom is -0.334 e. The number of hydrogen-bond acceptors (Lipinski definition) is 5. The van der Waals surface area contributed by atoms with Crippen LogP contribution in [0, 0.1) is 0 Å². The molecule has 3 rings (SSSR count). The van der Waals surface area contributed by atoms with Crippen LogP contribution in [0.1, 0.15) is 5.56 Å². The van der Waals surface area contributed by atoms with E-state index in [1.807, 2.05) is 0 Å². The summed E-state index contributed by atoms with van der Waals surface area (Å²) in [6, 6.07) is 11.0. The first-order valence-electron chi connectivity index (χ1n) is 9.02. The number of pyridine rings is 1. The number of carbonyl (C=O) groups is 2. The molecule has 2 heterocycles. The van der Waals surface area contributed by atoms with Crippen LogP contribution in [0.2, 0.25) is 0 Å². The number of carbonyl (C=O) groups excluding carboxylic acids is 2. The van der Waals surface area contributed by atoms with E-state index in [1.165, 1.54) is 19.3 Å². The summed E-state index contributed by atoms with van der Waals surface area (Å²) in [5.41, 5.74) is 0.815. The smallest absolute Gasteiger partial charge is 0.331 e. The Kier molecular flexibility index (Phi) is 6.38. The molecule has 3 aromatic rings. The zero-order chi connectivity index (χ0) is 21.5. The Morgan fingerprint density at radius 3 is 2.43 bits per heavy atom. The molecule has 0 spiro atoms. The van der Waals surface area contributed by atoms with E-state index in [0.29, 0.717) is 17.9 Å². The summed E-state index contributed by atoms with van der Waals surface area (Å²) in [4.78, 5) is 51.7. The molecule has 0 unspecified atom stereocenters. The topological polar surface area (TPSA) is 127 Å². The largest absolute Gasteiger partial charge is 0.334 e. The third kappa shape index (κ3) is 5.41. The van der Waals surface area contributed by atoms with Crippen LogP contribution in [0.25, 0.3) is 0 Å². The number of aromatic nitrogens is 3. The predicted molar refractivity (Wildman–Crippen MR) is 111 cm³/mol. The van der Waals surface area contributed by atoms with E-state index in [2.05, 4.69) is 20.9 Å². The Hall–Kier alpha value is -4.21. The molecule has 0 atom stereocenters. The van der Waals surface area contributed by atoms with Gasteiger partial charge in [-0.1, -0.05) is 6.07 Å². The van der Waals surface area contributed by atoms with Gasteiger partial charge in [-0.05, 0) is 35.9 Å². The minimum absolute atomic E-state index is 0.253. The Labute approximate surface area is 171 Å². The highest BCUT2D eigenvalue weighted by atomic mass is 16.2. The molecule has 0 bridgehead atoms. The molecule has 10 nitrogen and oxygen atoms in total. The number of benzene rings is 1. The van der Waals surface area contributed by atoms with Crippen LogP contribution in [-0.4, -0.2) is 26.1 Å². The van der Waals surface area contributed by atoms with Crippen LogP contribution < -0.4 is 27.2 Å². The first kappa shape index (κ1) is 20.5. The molecule has 3 N–H and O–H groups in total. The first-order chi connectivity index (χ1) is 14.4. The van der Waals surface area contributed by atoms with Gasteiger partial charge in [0.05, 0.1) is 0 Å². The molecule has 154 valence electrons. The lowest BCUT2D eigenvalue weighted by molar-refractivity contribution is -0.116. The summed E-state index contributed by atoms with van der Waals surface area (Å²) in [6.07, 6.45) is 4.56. The molecular weight excluding hydrogens is 388 g/mol. The third-order valence-corrected chi connectivity index (χ3v) is 4.18. The van der Waals surface area contributed by atoms with Crippen molar-refractivity contribution in [2.75, 3.05) is 10.6 Å². The van der Waals surface area contributed by atoms with E-state index in [4.69, 9.17) is 0 Å². The van der Waals surface area contributed by atoms with Crippen LogP contribution in [0.5, 0.6) is 0 Å². The van der Waals surface area contributed by atoms with Crippen molar-refractivity contribution in [3.05, 3.63) is 87.5 Å². The van der Waals surface area contributed by atoms with E-state index in [9.17, 15) is 19.2 Å². The van der Waals surface area contributed by atoms with Crippen LogP contribution in [-0.2, 0) is 24.9 Å². The highest BCUT2D eigenvalue weighted by Gasteiger charge is 2.08. The van der Waals surface area contributed by atoms with Crippen molar-refractivity contribution in [2.45, 2.75) is 13.1 Å². The van der Waals surface area contributed by atoms with Gasteiger partial charge in [0, 0.05) is 49.6 Å². The molecule has 0 aliphatic rings. The second-order valence-corrected chi connectivity index (χ2v) is 6.42. The molecule has 1 aromatic carbocycles. The summed E-state index contributed by atoms with van der Waals surface area (Å²) in [5, 5.41) is 8.07. The Balaban J connectivity index is 1.58. The molecule has 2 aromatic heterocycles. The molecule has 0 fully saturated rings. The lowest BCUT2D eigenvalue weighted by Crippen LogP contribution is -2.38. The normalized spacial score (nSPS) is 10.3. The molecule has 0 aliphatic heterocycles. The summed E-state index contributed by atoms with van der Waals surface area (Å²) in [7, 11) is 1.34. The fourth-order valence-corrected chi connectivity index (χ4v) is 2.62. The highest BCUT2D eigenvalue weighted by Crippen LogP contribution is 2.15. The van der Waals surface area contributed by atoms with Crippen molar-refractivity contribution in [1.29, 1.82) is 0 Å². The summed E-state index contributed by atoms with van der Waals surface area (Å²) in [6.45, 7) is 0.0934. The van der Waals surface area contributed by atoms with Gasteiger partial charge in [-0.15, -0.1) is 0 Å². The minimum atomic E-state index is -0.584. The maximum atomic E-state index is 12.3. The first-order valence-corrected chi connectivity index (χ1v) is 9.02. The maximum Gasteiger partial charge on any atom is 0.331 e. The molecule has 0 aliphatic carbocycles. The fraction of sp³-hybridized carbons (Fsp3) is 0.150. The van der Waals surface area contributed by atoms with Gasteiger partial charge < -0.3 is 16.0 Å². The van der Waals surface area contributed by atoms with Gasteiger partial charge >= 0.3 is 11.7 Å². The number of amides is 3. The number of nitrogens with one attached hydrogen (secondary N) is 3. The van der Waals surface area contributed by atoms with E-state index >= 15 is 0 Å². The van der Waals surface area contributed by atoms with E-state index in [-0.39, 0.29) is 6.54 Å². The zero-order valence-electron chi connectivity index (χ0n) is 16.2. The van der Waals surface area contributed by atoms with E-state index in [1.54, 1.807) is 48.8 Å². The van der Waals surface area contributed by atoms with Crippen molar-refractivity contribution in [2.24, 2.45) is 7.05 Å². The number of anilines is 2. The van der Waals surface area contributed by atoms with Gasteiger partial charge in [0.25, 0.3) is 5.56 Å². The summed E-state index contributed by atoms with van der Waals surface area (Å²) >= 11 is 0. The SMILES string of the molecule is Cn1c(=O)ccn(CC(=O)Nc2cccc(NC(=O)NCc3ccncc3)c2)c1=O. The highest BCUT2D eigenvalue weighted by molar-refractivity contribution is 5.93. The number of urea groups is 1. The average molecular weight is 408 g/mol. The quantitative estimate of drug-likeness (QED) is 0.559. The maximum absolute atomic E-state index is 12.3. The summed E-state index contributed by atoms with van der Waals surface area (Å²) < 4.78 is 2.05. The zero-order valence-corrected chi connectivity index (χ0v) is 16.2. The van der Waals surface area contributed by atoms with Gasteiger partial charge in [-0.2, -0.15) is 0 Å². The van der Waals surface area contributed by atoms with Crippen LogP contribution in [0.15, 0.2) is 70.6 Å². The lowest BCUT2D eigenvalue weighted by atomic mass is 10.2. The lowest BCUT2D eigenvalue weighted by Gasteiger charge is -2.11. The standard InChI is InChI=1S/C20H20N6O4/c1-25-18(28)7-10-26(20(25)30)13-17(27)23-15-3-2-4-16(11-15)24-19(29)22-12-14-5-8-21-9-6-14/h2-11H,12-13H2,1H3,(H,23,27)(H2,22,24,29). The van der Waals surface area contributed by atoms with Crippen LogP contribution in [0.4, 0.5) is 16.2 Å².